The van der Waals surface area contributed by atoms with Crippen LogP contribution in [0.3, 0.4) is 0 Å². The minimum Gasteiger partial charge on any atom is -0.365 e. The van der Waals surface area contributed by atoms with E-state index in [1.807, 2.05) is 47.6 Å². The molecule has 3 heterocycles. The van der Waals surface area contributed by atoms with Crippen molar-refractivity contribution in [3.8, 4) is 0 Å². The quantitative estimate of drug-likeness (QED) is 0.210. The molecule has 2 aromatic heterocycles. The van der Waals surface area contributed by atoms with Gasteiger partial charge in [-0.2, -0.15) is 9.97 Å². The third-order valence-electron chi connectivity index (χ3n) is 9.90. The molecule has 0 atom stereocenters. The Morgan fingerprint density at radius 2 is 1.38 bits per heavy atom. The van der Waals surface area contributed by atoms with Crippen LogP contribution in [0.25, 0.3) is 11.2 Å². The van der Waals surface area contributed by atoms with E-state index in [1.54, 1.807) is 0 Å². The molecule has 3 aliphatic rings. The van der Waals surface area contributed by atoms with Gasteiger partial charge in [-0.15, -0.1) is 12.4 Å². The molecule has 4 N–H and O–H groups in total. The fourth-order valence-corrected chi connectivity index (χ4v) is 7.37. The summed E-state index contributed by atoms with van der Waals surface area (Å²) < 4.78 is 2.27. The van der Waals surface area contributed by atoms with Crippen LogP contribution in [0.5, 0.6) is 0 Å². The number of imidazole rings is 1. The van der Waals surface area contributed by atoms with E-state index < -0.39 is 0 Å². The first kappa shape index (κ1) is 31.3. The van der Waals surface area contributed by atoms with E-state index in [0.717, 1.165) is 66.6 Å². The van der Waals surface area contributed by atoms with Gasteiger partial charge >= 0.3 is 0 Å². The Hall–Kier alpha value is -3.69. The normalized spacial score (nSPS) is 21.2. The summed E-state index contributed by atoms with van der Waals surface area (Å²) in [6.45, 7) is 1.40. The number of halogens is 1. The second-order valence-electron chi connectivity index (χ2n) is 12.9. The van der Waals surface area contributed by atoms with Crippen LogP contribution in [-0.4, -0.2) is 61.5 Å². The van der Waals surface area contributed by atoms with E-state index in [1.165, 1.54) is 25.7 Å². The number of amides is 1. The van der Waals surface area contributed by atoms with E-state index in [0.29, 0.717) is 37.2 Å². The van der Waals surface area contributed by atoms with Crippen molar-refractivity contribution in [2.24, 2.45) is 5.73 Å². The number of anilines is 2. The lowest BCUT2D eigenvalue weighted by Gasteiger charge is -2.35. The highest BCUT2D eigenvalue weighted by molar-refractivity contribution is 5.87. The summed E-state index contributed by atoms with van der Waals surface area (Å²) in [7, 11) is 0. The summed E-state index contributed by atoms with van der Waals surface area (Å²) in [5.41, 5.74) is 9.97. The molecular formula is C35H45ClN8O. The zero-order valence-electron chi connectivity index (χ0n) is 25.9. The van der Waals surface area contributed by atoms with E-state index in [9.17, 15) is 4.79 Å². The number of nitrogens with one attached hydrogen (secondary N) is 2. The van der Waals surface area contributed by atoms with Gasteiger partial charge in [0.05, 0.1) is 12.2 Å². The minimum atomic E-state index is -0.300. The van der Waals surface area contributed by atoms with Crippen LogP contribution < -0.4 is 16.4 Å². The molecule has 3 fully saturated rings. The van der Waals surface area contributed by atoms with E-state index in [-0.39, 0.29) is 30.3 Å². The summed E-state index contributed by atoms with van der Waals surface area (Å²) in [5.74, 6) is 1.32. The van der Waals surface area contributed by atoms with Crippen molar-refractivity contribution in [2.75, 3.05) is 23.7 Å². The number of hydrogen-bond donors (Lipinski definition) is 3. The maximum Gasteiger partial charge on any atom is 0.234 e. The molecule has 0 bridgehead atoms. The van der Waals surface area contributed by atoms with Crippen molar-refractivity contribution in [1.82, 2.24) is 24.4 Å². The number of aromatic nitrogens is 4. The van der Waals surface area contributed by atoms with Gasteiger partial charge in [0.15, 0.2) is 17.0 Å². The smallest absolute Gasteiger partial charge is 0.234 e. The summed E-state index contributed by atoms with van der Waals surface area (Å²) >= 11 is 0. The van der Waals surface area contributed by atoms with Crippen molar-refractivity contribution in [2.45, 2.75) is 94.3 Å². The predicted octanol–water partition coefficient (Wildman–Crippen LogP) is 6.28. The van der Waals surface area contributed by atoms with Crippen LogP contribution in [0.1, 0.15) is 87.3 Å². The Labute approximate surface area is 271 Å². The van der Waals surface area contributed by atoms with Gasteiger partial charge in [-0.05, 0) is 62.5 Å². The fourth-order valence-electron chi connectivity index (χ4n) is 7.37. The van der Waals surface area contributed by atoms with Crippen LogP contribution in [-0.2, 0) is 4.79 Å². The van der Waals surface area contributed by atoms with Gasteiger partial charge in [-0.1, -0.05) is 73.5 Å². The molecule has 45 heavy (non-hydrogen) atoms. The number of fused-ring (bicyclic) bond motifs is 1. The Morgan fingerprint density at radius 3 is 2.00 bits per heavy atom. The second-order valence-corrected chi connectivity index (χ2v) is 12.9. The molecule has 1 aliphatic heterocycles. The average molecular weight is 629 g/mol. The molecule has 0 radical (unpaired) electrons. The zero-order valence-corrected chi connectivity index (χ0v) is 26.7. The summed E-state index contributed by atoms with van der Waals surface area (Å²) in [6.07, 6.45) is 12.6. The molecule has 2 aromatic carbocycles. The molecule has 2 saturated carbocycles. The van der Waals surface area contributed by atoms with Crippen molar-refractivity contribution in [3.05, 3.63) is 78.1 Å². The zero-order chi connectivity index (χ0) is 29.9. The van der Waals surface area contributed by atoms with Gasteiger partial charge in [0.25, 0.3) is 0 Å². The first-order chi connectivity index (χ1) is 21.6. The number of hydrogen-bond acceptors (Lipinski definition) is 7. The van der Waals surface area contributed by atoms with Crippen LogP contribution in [0.4, 0.5) is 11.8 Å². The molecule has 10 heteroatoms. The lowest BCUT2D eigenvalue weighted by molar-refractivity contribution is -0.132. The number of carbonyl (C=O) groups excluding carboxylic acids is 1. The maximum atomic E-state index is 14.0. The predicted molar refractivity (Wildman–Crippen MR) is 182 cm³/mol. The van der Waals surface area contributed by atoms with Gasteiger partial charge in [-0.25, -0.2) is 4.98 Å². The largest absolute Gasteiger partial charge is 0.365 e. The summed E-state index contributed by atoms with van der Waals surface area (Å²) in [5, 5.41) is 7.37. The molecule has 9 nitrogen and oxygen atoms in total. The lowest BCUT2D eigenvalue weighted by atomic mass is 9.89. The SMILES string of the molecule is Cl.NC1CCC(Nc2nc(NC3CCN(C(=O)C(c4ccccc4)c4ccccc4)CC3)c3ncn(C4CCCC4)c3n2)CC1. The summed E-state index contributed by atoms with van der Waals surface area (Å²) in [6, 6.07) is 21.5. The molecular weight excluding hydrogens is 584 g/mol. The number of carbonyl (C=O) groups is 1. The molecule has 1 saturated heterocycles. The fraction of sp³-hybridized carbons (Fsp3) is 0.486. The Kier molecular flexibility index (Phi) is 9.85. The minimum absolute atomic E-state index is 0. The third-order valence-corrected chi connectivity index (χ3v) is 9.90. The van der Waals surface area contributed by atoms with Crippen LogP contribution in [0.2, 0.25) is 0 Å². The molecule has 0 unspecified atom stereocenters. The standard InChI is InChI=1S/C35H44N8O.ClH/c36-26-15-17-27(18-16-26)39-35-40-32(31-33(41-35)43(23-37-31)29-13-7-8-14-29)38-28-19-21-42(22-20-28)34(44)30(24-9-3-1-4-10-24)25-11-5-2-6-12-25;/h1-6,9-12,23,26-30H,7-8,13-22,36H2,(H2,38,39,40,41);1H. The molecule has 238 valence electrons. The highest BCUT2D eigenvalue weighted by Gasteiger charge is 2.31. The Morgan fingerprint density at radius 1 is 0.778 bits per heavy atom. The van der Waals surface area contributed by atoms with Crippen molar-refractivity contribution >= 4 is 41.2 Å². The number of likely N-dealkylation sites (tertiary alicyclic amines) is 1. The van der Waals surface area contributed by atoms with E-state index >= 15 is 0 Å². The number of piperidine rings is 1. The molecule has 2 aliphatic carbocycles. The lowest BCUT2D eigenvalue weighted by Crippen LogP contribution is -2.44. The second kappa shape index (κ2) is 14.2. The van der Waals surface area contributed by atoms with E-state index in [4.69, 9.17) is 20.7 Å². The third kappa shape index (κ3) is 6.94. The first-order valence-corrected chi connectivity index (χ1v) is 16.5. The number of nitrogens with two attached hydrogens (primary N) is 1. The van der Waals surface area contributed by atoms with Crippen molar-refractivity contribution in [1.29, 1.82) is 0 Å². The molecule has 4 aromatic rings. The maximum absolute atomic E-state index is 14.0. The molecule has 0 spiro atoms. The highest BCUT2D eigenvalue weighted by atomic mass is 35.5. The van der Waals surface area contributed by atoms with Crippen molar-refractivity contribution < 1.29 is 4.79 Å². The highest BCUT2D eigenvalue weighted by Crippen LogP contribution is 2.34. The Bertz CT molecular complexity index is 1500. The van der Waals surface area contributed by atoms with Crippen molar-refractivity contribution in [3.63, 3.8) is 0 Å². The van der Waals surface area contributed by atoms with Crippen LogP contribution in [0, 0.1) is 0 Å². The molecule has 1 amide bonds. The number of benzene rings is 2. The van der Waals surface area contributed by atoms with Gasteiger partial charge in [0.1, 0.15) is 0 Å². The molecule has 7 rings (SSSR count). The monoisotopic (exact) mass is 628 g/mol. The number of nitrogens with zero attached hydrogens (tertiary/aromatic N) is 5. The van der Waals surface area contributed by atoms with Gasteiger partial charge < -0.3 is 25.8 Å². The van der Waals surface area contributed by atoms with E-state index in [2.05, 4.69) is 39.5 Å². The topological polar surface area (TPSA) is 114 Å². The van der Waals surface area contributed by atoms with Gasteiger partial charge in [0.2, 0.25) is 11.9 Å². The van der Waals surface area contributed by atoms with Gasteiger partial charge in [-0.3, -0.25) is 4.79 Å². The summed E-state index contributed by atoms with van der Waals surface area (Å²) in [4.78, 5) is 30.8. The average Bonchev–Trinajstić information content (AvgIpc) is 3.74. The van der Waals surface area contributed by atoms with Gasteiger partial charge in [0, 0.05) is 37.3 Å². The number of rotatable bonds is 8. The Balaban J connectivity index is 0.00000357. The first-order valence-electron chi connectivity index (χ1n) is 16.5. The van der Waals surface area contributed by atoms with Crippen LogP contribution >= 0.6 is 12.4 Å². The van der Waals surface area contributed by atoms with Crippen LogP contribution in [0.15, 0.2) is 67.0 Å².